The van der Waals surface area contributed by atoms with Gasteiger partial charge in [-0.15, -0.1) is 0 Å². The zero-order valence-corrected chi connectivity index (χ0v) is 13.5. The highest BCUT2D eigenvalue weighted by molar-refractivity contribution is 6.18. The lowest BCUT2D eigenvalue weighted by molar-refractivity contribution is -0.133. The van der Waals surface area contributed by atoms with Crippen molar-refractivity contribution >= 4 is 23.4 Å². The summed E-state index contributed by atoms with van der Waals surface area (Å²) in [5.41, 5.74) is 1.44. The fraction of sp³-hybridized carbons (Fsp3) is 0.529. The molecule has 0 aromatic carbocycles. The van der Waals surface area contributed by atoms with Crippen LogP contribution in [-0.2, 0) is 9.59 Å². The van der Waals surface area contributed by atoms with Crippen LogP contribution in [0.25, 0.3) is 0 Å². The van der Waals surface area contributed by atoms with Crippen LogP contribution in [-0.4, -0.2) is 34.6 Å². The number of aliphatic imine (C=N–C) groups is 2. The van der Waals surface area contributed by atoms with E-state index in [4.69, 9.17) is 0 Å². The molecule has 122 valence electrons. The second-order valence-electron chi connectivity index (χ2n) is 6.63. The Morgan fingerprint density at radius 3 is 2.78 bits per heavy atom. The molecule has 3 unspecified atom stereocenters. The van der Waals surface area contributed by atoms with E-state index in [1.165, 1.54) is 0 Å². The smallest absolute Gasteiger partial charge is 0.334 e. The van der Waals surface area contributed by atoms with Crippen molar-refractivity contribution in [2.75, 3.05) is 0 Å². The van der Waals surface area contributed by atoms with E-state index in [2.05, 4.69) is 21.4 Å². The van der Waals surface area contributed by atoms with Crippen LogP contribution in [0.15, 0.2) is 33.4 Å². The fourth-order valence-electron chi connectivity index (χ4n) is 3.45. The Kier molecular flexibility index (Phi) is 3.92. The summed E-state index contributed by atoms with van der Waals surface area (Å²) in [5, 5.41) is 12.4. The largest absolute Gasteiger partial charge is 0.478 e. The minimum absolute atomic E-state index is 0.0531. The van der Waals surface area contributed by atoms with Crippen molar-refractivity contribution in [1.82, 2.24) is 5.32 Å². The summed E-state index contributed by atoms with van der Waals surface area (Å²) in [5.74, 6) is -0.873. The van der Waals surface area contributed by atoms with Crippen molar-refractivity contribution in [2.24, 2.45) is 27.7 Å². The average molecular weight is 315 g/mol. The number of amides is 1. The number of carbonyl (C=O) groups is 2. The van der Waals surface area contributed by atoms with Crippen molar-refractivity contribution in [3.63, 3.8) is 0 Å². The number of rotatable bonds is 3. The molecule has 0 radical (unpaired) electrons. The van der Waals surface area contributed by atoms with E-state index in [0.29, 0.717) is 11.5 Å². The standard InChI is InChI=1S/C17H21N3O3/c1-8(2)13-16(21)20-15(19-13)14-12(17(22)23)9(3)10-6-4-5-7-11(10)18-14/h5,7-10,13H,4,6H2,1-3H3,(H,22,23)(H,19,20,21). The molecule has 0 saturated carbocycles. The molecule has 0 fully saturated rings. The SMILES string of the molecule is CC(C)C1N=C(C2=C(C(=O)O)C(C)C3CCC=CC3=N2)NC1=O. The number of fused-ring (bicyclic) bond motifs is 1. The highest BCUT2D eigenvalue weighted by atomic mass is 16.4. The third kappa shape index (κ3) is 2.62. The van der Waals surface area contributed by atoms with Gasteiger partial charge in [0.1, 0.15) is 11.7 Å². The van der Waals surface area contributed by atoms with Gasteiger partial charge < -0.3 is 10.4 Å². The third-order valence-corrected chi connectivity index (χ3v) is 4.73. The van der Waals surface area contributed by atoms with Crippen LogP contribution < -0.4 is 5.32 Å². The average Bonchev–Trinajstić information content (AvgIpc) is 2.89. The summed E-state index contributed by atoms with van der Waals surface area (Å²) < 4.78 is 0. The maximum atomic E-state index is 12.1. The van der Waals surface area contributed by atoms with E-state index in [9.17, 15) is 14.7 Å². The van der Waals surface area contributed by atoms with Gasteiger partial charge in [0.05, 0.1) is 5.57 Å². The minimum Gasteiger partial charge on any atom is -0.478 e. The molecule has 2 N–H and O–H groups in total. The van der Waals surface area contributed by atoms with Gasteiger partial charge in [0.25, 0.3) is 5.91 Å². The number of carboxylic acid groups (broad SMARTS) is 1. The summed E-state index contributed by atoms with van der Waals surface area (Å²) in [7, 11) is 0. The van der Waals surface area contributed by atoms with Gasteiger partial charge in [-0.1, -0.05) is 26.8 Å². The molecule has 2 aliphatic heterocycles. The Morgan fingerprint density at radius 2 is 2.17 bits per heavy atom. The first-order valence-corrected chi connectivity index (χ1v) is 8.01. The van der Waals surface area contributed by atoms with E-state index in [-0.39, 0.29) is 29.2 Å². The van der Waals surface area contributed by atoms with Gasteiger partial charge in [0.15, 0.2) is 5.84 Å². The third-order valence-electron chi connectivity index (χ3n) is 4.73. The monoisotopic (exact) mass is 315 g/mol. The number of aliphatic carboxylic acids is 1. The van der Waals surface area contributed by atoms with E-state index >= 15 is 0 Å². The zero-order valence-electron chi connectivity index (χ0n) is 13.5. The molecule has 3 aliphatic rings. The van der Waals surface area contributed by atoms with E-state index in [1.807, 2.05) is 26.8 Å². The Balaban J connectivity index is 2.09. The lowest BCUT2D eigenvalue weighted by Crippen LogP contribution is -2.36. The summed E-state index contributed by atoms with van der Waals surface area (Å²) in [6.07, 6.45) is 5.84. The maximum absolute atomic E-state index is 12.1. The van der Waals surface area contributed by atoms with Gasteiger partial charge in [0, 0.05) is 11.6 Å². The lowest BCUT2D eigenvalue weighted by atomic mass is 9.76. The van der Waals surface area contributed by atoms with Crippen LogP contribution in [0.5, 0.6) is 0 Å². The number of carbonyl (C=O) groups excluding carboxylic acids is 1. The predicted molar refractivity (Wildman–Crippen MR) is 87.3 cm³/mol. The molecule has 0 saturated heterocycles. The molecular formula is C17H21N3O3. The molecule has 0 spiro atoms. The molecule has 0 aromatic heterocycles. The van der Waals surface area contributed by atoms with Crippen LogP contribution in [0, 0.1) is 17.8 Å². The van der Waals surface area contributed by atoms with Gasteiger partial charge in [-0.05, 0) is 30.8 Å². The molecular weight excluding hydrogens is 294 g/mol. The lowest BCUT2D eigenvalue weighted by Gasteiger charge is -2.31. The minimum atomic E-state index is -0.991. The van der Waals surface area contributed by atoms with Crippen LogP contribution in [0.1, 0.15) is 33.6 Å². The Morgan fingerprint density at radius 1 is 1.43 bits per heavy atom. The topological polar surface area (TPSA) is 91.1 Å². The first kappa shape index (κ1) is 15.6. The van der Waals surface area contributed by atoms with Crippen molar-refractivity contribution < 1.29 is 14.7 Å². The van der Waals surface area contributed by atoms with Crippen molar-refractivity contribution in [3.8, 4) is 0 Å². The van der Waals surface area contributed by atoms with Gasteiger partial charge in [-0.25, -0.2) is 9.79 Å². The number of nitrogens with zero attached hydrogens (tertiary/aromatic N) is 2. The van der Waals surface area contributed by atoms with E-state index in [0.717, 1.165) is 18.6 Å². The molecule has 2 heterocycles. The number of allylic oxidation sites excluding steroid dienone is 2. The molecule has 1 aliphatic carbocycles. The normalized spacial score (nSPS) is 30.1. The van der Waals surface area contributed by atoms with Gasteiger partial charge in [-0.2, -0.15) is 0 Å². The van der Waals surface area contributed by atoms with Gasteiger partial charge in [-0.3, -0.25) is 9.79 Å². The summed E-state index contributed by atoms with van der Waals surface area (Å²) in [6, 6.07) is -0.484. The predicted octanol–water partition coefficient (Wildman–Crippen LogP) is 1.93. The van der Waals surface area contributed by atoms with Crippen molar-refractivity contribution in [3.05, 3.63) is 23.4 Å². The number of nitrogens with one attached hydrogen (secondary N) is 1. The second kappa shape index (κ2) is 5.76. The fourth-order valence-corrected chi connectivity index (χ4v) is 3.45. The Hall–Kier alpha value is -2.24. The van der Waals surface area contributed by atoms with E-state index < -0.39 is 12.0 Å². The molecule has 3 atom stereocenters. The number of hydrogen-bond donors (Lipinski definition) is 2. The highest BCUT2D eigenvalue weighted by Gasteiger charge is 2.39. The number of carboxylic acids is 1. The summed E-state index contributed by atoms with van der Waals surface area (Å²) >= 11 is 0. The number of hydrogen-bond acceptors (Lipinski definition) is 4. The molecule has 1 amide bonds. The van der Waals surface area contributed by atoms with Crippen LogP contribution in [0.3, 0.4) is 0 Å². The van der Waals surface area contributed by atoms with Crippen molar-refractivity contribution in [1.29, 1.82) is 0 Å². The number of amidine groups is 1. The molecule has 3 rings (SSSR count). The summed E-state index contributed by atoms with van der Waals surface area (Å²) in [6.45, 7) is 5.75. The molecule has 6 nitrogen and oxygen atoms in total. The maximum Gasteiger partial charge on any atom is 0.334 e. The van der Waals surface area contributed by atoms with Crippen LogP contribution in [0.2, 0.25) is 0 Å². The molecule has 0 aromatic rings. The Labute approximate surface area is 135 Å². The van der Waals surface area contributed by atoms with Gasteiger partial charge in [0.2, 0.25) is 0 Å². The van der Waals surface area contributed by atoms with Gasteiger partial charge >= 0.3 is 5.97 Å². The highest BCUT2D eigenvalue weighted by Crippen LogP contribution is 2.36. The molecule has 6 heteroatoms. The van der Waals surface area contributed by atoms with Crippen LogP contribution in [0.4, 0.5) is 0 Å². The van der Waals surface area contributed by atoms with E-state index in [1.54, 1.807) is 0 Å². The molecule has 0 bridgehead atoms. The molecule has 23 heavy (non-hydrogen) atoms. The summed E-state index contributed by atoms with van der Waals surface area (Å²) in [4.78, 5) is 32.8. The zero-order chi connectivity index (χ0) is 16.7. The quantitative estimate of drug-likeness (QED) is 0.833. The first-order chi connectivity index (χ1) is 10.9. The van der Waals surface area contributed by atoms with Crippen LogP contribution >= 0.6 is 0 Å². The second-order valence-corrected chi connectivity index (χ2v) is 6.63. The Bertz CT molecular complexity index is 685. The first-order valence-electron chi connectivity index (χ1n) is 8.01. The van der Waals surface area contributed by atoms with Crippen molar-refractivity contribution in [2.45, 2.75) is 39.7 Å².